The van der Waals surface area contributed by atoms with Crippen LogP contribution in [0.1, 0.15) is 19.8 Å². The molecule has 1 heterocycles. The molecule has 0 spiro atoms. The molecule has 5 atom stereocenters. The number of carboxylic acid groups (broad SMARTS) is 1. The number of hydrogen-bond acceptors (Lipinski definition) is 8. The minimum atomic E-state index is -1.59. The maximum Gasteiger partial charge on any atom is 0.328 e. The van der Waals surface area contributed by atoms with Crippen LogP contribution in [0.15, 0.2) is 0 Å². The second-order valence-electron chi connectivity index (χ2n) is 6.29. The van der Waals surface area contributed by atoms with Crippen LogP contribution in [-0.4, -0.2) is 99.0 Å². The number of hydrogen-bond donors (Lipinski definition) is 7. The van der Waals surface area contributed by atoms with Gasteiger partial charge < -0.3 is 41.7 Å². The summed E-state index contributed by atoms with van der Waals surface area (Å²) in [5, 5.41) is 40.9. The Morgan fingerprint density at radius 3 is 2.30 bits per heavy atom. The summed E-state index contributed by atoms with van der Waals surface area (Å²) in [6.07, 6.45) is -0.551. The van der Waals surface area contributed by atoms with Gasteiger partial charge in [-0.1, -0.05) is 0 Å². The number of carbonyl (C=O) groups excluding carboxylic acids is 3. The maximum absolute atomic E-state index is 12.5. The van der Waals surface area contributed by atoms with E-state index in [1.54, 1.807) is 0 Å². The summed E-state index contributed by atoms with van der Waals surface area (Å²) in [5.74, 6) is -3.81. The minimum absolute atomic E-state index is 0.252. The Labute approximate surface area is 155 Å². The van der Waals surface area contributed by atoms with E-state index in [0.29, 0.717) is 12.8 Å². The molecule has 1 saturated heterocycles. The molecule has 0 bridgehead atoms. The predicted molar refractivity (Wildman–Crippen MR) is 90.1 cm³/mol. The lowest BCUT2D eigenvalue weighted by molar-refractivity contribution is -0.145. The van der Waals surface area contributed by atoms with Crippen molar-refractivity contribution in [3.8, 4) is 0 Å². The largest absolute Gasteiger partial charge is 0.480 e. The Bertz CT molecular complexity index is 570. The van der Waals surface area contributed by atoms with Crippen molar-refractivity contribution in [1.29, 1.82) is 0 Å². The van der Waals surface area contributed by atoms with E-state index < -0.39 is 67.2 Å². The van der Waals surface area contributed by atoms with Gasteiger partial charge in [0.1, 0.15) is 24.2 Å². The maximum atomic E-state index is 12.5. The first-order valence-electron chi connectivity index (χ1n) is 8.43. The van der Waals surface area contributed by atoms with Crippen molar-refractivity contribution >= 4 is 23.7 Å². The molecule has 0 aromatic heterocycles. The number of aliphatic hydroxyl groups is 3. The van der Waals surface area contributed by atoms with E-state index in [4.69, 9.17) is 21.1 Å². The molecule has 0 radical (unpaired) electrons. The Balaban J connectivity index is 2.84. The van der Waals surface area contributed by atoms with Crippen molar-refractivity contribution in [2.45, 2.75) is 50.0 Å². The van der Waals surface area contributed by atoms with Crippen molar-refractivity contribution in [3.05, 3.63) is 0 Å². The van der Waals surface area contributed by atoms with Crippen molar-refractivity contribution in [3.63, 3.8) is 0 Å². The molecule has 0 aromatic carbocycles. The van der Waals surface area contributed by atoms with Crippen LogP contribution in [0, 0.1) is 0 Å². The van der Waals surface area contributed by atoms with Crippen molar-refractivity contribution < 1.29 is 39.6 Å². The fourth-order valence-corrected chi connectivity index (χ4v) is 2.70. The molecule has 12 nitrogen and oxygen atoms in total. The van der Waals surface area contributed by atoms with Gasteiger partial charge in [-0.2, -0.15) is 0 Å². The number of amides is 3. The van der Waals surface area contributed by atoms with Crippen LogP contribution < -0.4 is 16.4 Å². The number of carboxylic acids is 1. The quantitative estimate of drug-likeness (QED) is 0.203. The Hall–Kier alpha value is -2.28. The first-order valence-corrected chi connectivity index (χ1v) is 8.43. The second kappa shape index (κ2) is 10.2. The third-order valence-corrected chi connectivity index (χ3v) is 4.21. The van der Waals surface area contributed by atoms with Gasteiger partial charge in [-0.15, -0.1) is 0 Å². The number of aliphatic carboxylic acids is 1. The highest BCUT2D eigenvalue weighted by molar-refractivity contribution is 5.94. The molecule has 1 aliphatic rings. The zero-order valence-electron chi connectivity index (χ0n) is 14.9. The fourth-order valence-electron chi connectivity index (χ4n) is 2.70. The summed E-state index contributed by atoms with van der Waals surface area (Å²) in [4.78, 5) is 48.9. The van der Waals surface area contributed by atoms with Gasteiger partial charge in [0.2, 0.25) is 17.7 Å². The number of nitrogens with one attached hydrogen (secondary N) is 2. The van der Waals surface area contributed by atoms with Gasteiger partial charge in [0.25, 0.3) is 0 Å². The third kappa shape index (κ3) is 5.85. The molecule has 12 heteroatoms. The molecular formula is C15H26N4O8. The SMILES string of the molecule is CC(O)C(NC(=O)C1CCCN1C(=O)C(N)CO)C(=O)NC(CO)C(=O)O. The Morgan fingerprint density at radius 2 is 1.81 bits per heavy atom. The van der Waals surface area contributed by atoms with E-state index in [1.807, 2.05) is 5.32 Å². The molecule has 1 rings (SSSR count). The van der Waals surface area contributed by atoms with E-state index in [1.165, 1.54) is 11.8 Å². The lowest BCUT2D eigenvalue weighted by Crippen LogP contribution is -2.60. The highest BCUT2D eigenvalue weighted by Crippen LogP contribution is 2.18. The topological polar surface area (TPSA) is 203 Å². The number of rotatable bonds is 9. The van der Waals surface area contributed by atoms with Crippen LogP contribution in [-0.2, 0) is 19.2 Å². The highest BCUT2D eigenvalue weighted by Gasteiger charge is 2.38. The lowest BCUT2D eigenvalue weighted by atomic mass is 10.1. The van der Waals surface area contributed by atoms with Crippen LogP contribution in [0.3, 0.4) is 0 Å². The van der Waals surface area contributed by atoms with Gasteiger partial charge in [0.05, 0.1) is 19.3 Å². The zero-order valence-corrected chi connectivity index (χ0v) is 14.9. The lowest BCUT2D eigenvalue weighted by Gasteiger charge is -2.29. The van der Waals surface area contributed by atoms with Crippen molar-refractivity contribution in [1.82, 2.24) is 15.5 Å². The molecule has 27 heavy (non-hydrogen) atoms. The normalized spacial score (nSPS) is 21.1. The van der Waals surface area contributed by atoms with Gasteiger partial charge >= 0.3 is 5.97 Å². The number of nitrogens with two attached hydrogens (primary N) is 1. The average Bonchev–Trinajstić information content (AvgIpc) is 3.11. The van der Waals surface area contributed by atoms with E-state index in [9.17, 15) is 24.3 Å². The molecule has 0 saturated carbocycles. The minimum Gasteiger partial charge on any atom is -0.480 e. The van der Waals surface area contributed by atoms with Crippen LogP contribution in [0.2, 0.25) is 0 Å². The summed E-state index contributed by atoms with van der Waals surface area (Å²) in [5.41, 5.74) is 5.50. The number of aliphatic hydroxyl groups excluding tert-OH is 3. The van der Waals surface area contributed by atoms with Gasteiger partial charge in [0.15, 0.2) is 0 Å². The highest BCUT2D eigenvalue weighted by atomic mass is 16.4. The van der Waals surface area contributed by atoms with E-state index >= 15 is 0 Å². The summed E-state index contributed by atoms with van der Waals surface area (Å²) in [7, 11) is 0. The fraction of sp³-hybridized carbons (Fsp3) is 0.733. The Morgan fingerprint density at radius 1 is 1.19 bits per heavy atom. The Kier molecular flexibility index (Phi) is 8.56. The first kappa shape index (κ1) is 22.8. The molecule has 0 aliphatic carbocycles. The van der Waals surface area contributed by atoms with Crippen LogP contribution in [0.4, 0.5) is 0 Å². The standard InChI is InChI=1S/C15H26N4O8/c1-7(22)11(13(24)17-9(6-21)15(26)27)18-12(23)10-3-2-4-19(10)14(25)8(16)5-20/h7-11,20-22H,2-6,16H2,1H3,(H,17,24)(H,18,23)(H,26,27). The smallest absolute Gasteiger partial charge is 0.328 e. The summed E-state index contributed by atoms with van der Waals surface area (Å²) >= 11 is 0. The molecule has 8 N–H and O–H groups in total. The number of carbonyl (C=O) groups is 4. The van der Waals surface area contributed by atoms with Gasteiger partial charge in [0, 0.05) is 6.54 Å². The third-order valence-electron chi connectivity index (χ3n) is 4.21. The van der Waals surface area contributed by atoms with Gasteiger partial charge in [-0.05, 0) is 19.8 Å². The van der Waals surface area contributed by atoms with Crippen LogP contribution in [0.5, 0.6) is 0 Å². The summed E-state index contributed by atoms with van der Waals surface area (Å²) < 4.78 is 0. The molecule has 3 amide bonds. The molecule has 1 aliphatic heterocycles. The predicted octanol–water partition coefficient (Wildman–Crippen LogP) is -4.28. The molecular weight excluding hydrogens is 364 g/mol. The molecule has 154 valence electrons. The summed E-state index contributed by atoms with van der Waals surface area (Å²) in [6, 6.07) is -5.19. The summed E-state index contributed by atoms with van der Waals surface area (Å²) in [6.45, 7) is 0.0197. The second-order valence-corrected chi connectivity index (χ2v) is 6.29. The molecule has 5 unspecified atom stereocenters. The zero-order chi connectivity index (χ0) is 20.7. The van der Waals surface area contributed by atoms with Gasteiger partial charge in [-0.3, -0.25) is 14.4 Å². The van der Waals surface area contributed by atoms with Crippen molar-refractivity contribution in [2.24, 2.45) is 5.73 Å². The monoisotopic (exact) mass is 390 g/mol. The van der Waals surface area contributed by atoms with Crippen LogP contribution >= 0.6 is 0 Å². The van der Waals surface area contributed by atoms with Crippen molar-refractivity contribution in [2.75, 3.05) is 19.8 Å². The average molecular weight is 390 g/mol. The van der Waals surface area contributed by atoms with E-state index in [0.717, 1.165) is 0 Å². The van der Waals surface area contributed by atoms with E-state index in [-0.39, 0.29) is 6.54 Å². The first-order chi connectivity index (χ1) is 12.6. The number of nitrogens with zero attached hydrogens (tertiary/aromatic N) is 1. The number of likely N-dealkylation sites (tertiary alicyclic amines) is 1. The van der Waals surface area contributed by atoms with E-state index in [2.05, 4.69) is 5.32 Å². The molecule has 0 aromatic rings. The van der Waals surface area contributed by atoms with Crippen LogP contribution in [0.25, 0.3) is 0 Å². The van der Waals surface area contributed by atoms with Gasteiger partial charge in [-0.25, -0.2) is 4.79 Å². The molecule has 1 fully saturated rings.